The van der Waals surface area contributed by atoms with Crippen LogP contribution in [0.15, 0.2) is 30.3 Å². The average Bonchev–Trinajstić information content (AvgIpc) is 2.92. The van der Waals surface area contributed by atoms with E-state index in [-0.39, 0.29) is 31.3 Å². The van der Waals surface area contributed by atoms with E-state index in [1.54, 1.807) is 4.90 Å². The summed E-state index contributed by atoms with van der Waals surface area (Å²) in [6.07, 6.45) is 1.41. The first-order chi connectivity index (χ1) is 9.66. The van der Waals surface area contributed by atoms with Crippen molar-refractivity contribution in [3.05, 3.63) is 35.9 Å². The van der Waals surface area contributed by atoms with Crippen molar-refractivity contribution in [3.8, 4) is 0 Å². The fourth-order valence-corrected chi connectivity index (χ4v) is 2.27. The van der Waals surface area contributed by atoms with Crippen LogP contribution in [-0.2, 0) is 20.9 Å². The number of esters is 1. The molecular formula is C15H19NO4. The van der Waals surface area contributed by atoms with Crippen molar-refractivity contribution in [1.82, 2.24) is 4.90 Å². The third-order valence-electron chi connectivity index (χ3n) is 3.30. The Morgan fingerprint density at radius 3 is 2.70 bits per heavy atom. The minimum atomic E-state index is -0.344. The molecule has 0 radical (unpaired) electrons. The number of hydrogen-bond donors (Lipinski definition) is 0. The van der Waals surface area contributed by atoms with Crippen molar-refractivity contribution in [2.75, 3.05) is 13.2 Å². The van der Waals surface area contributed by atoms with E-state index in [2.05, 4.69) is 0 Å². The largest absolute Gasteiger partial charge is 0.464 e. The van der Waals surface area contributed by atoms with Crippen LogP contribution in [0.1, 0.15) is 25.3 Å². The molecule has 108 valence electrons. The summed E-state index contributed by atoms with van der Waals surface area (Å²) in [5, 5.41) is 0. The van der Waals surface area contributed by atoms with Gasteiger partial charge in [-0.05, 0) is 18.4 Å². The van der Waals surface area contributed by atoms with Gasteiger partial charge in [0.05, 0.1) is 6.04 Å². The van der Waals surface area contributed by atoms with Crippen LogP contribution in [0.25, 0.3) is 0 Å². The van der Waals surface area contributed by atoms with Crippen molar-refractivity contribution in [2.24, 2.45) is 0 Å². The first kappa shape index (κ1) is 14.4. The third kappa shape index (κ3) is 3.98. The van der Waals surface area contributed by atoms with Crippen LogP contribution in [0, 0.1) is 0 Å². The molecule has 0 saturated carbocycles. The van der Waals surface area contributed by atoms with Crippen molar-refractivity contribution in [2.45, 2.75) is 32.4 Å². The summed E-state index contributed by atoms with van der Waals surface area (Å²) in [5.74, 6) is -0.325. The lowest BCUT2D eigenvalue weighted by Gasteiger charge is -2.23. The number of amides is 1. The molecular weight excluding hydrogens is 258 g/mol. The van der Waals surface area contributed by atoms with Crippen LogP contribution >= 0.6 is 0 Å². The minimum Gasteiger partial charge on any atom is -0.464 e. The Kier molecular flexibility index (Phi) is 4.98. The molecule has 1 aliphatic rings. The van der Waals surface area contributed by atoms with Gasteiger partial charge in [-0.25, -0.2) is 4.79 Å². The van der Waals surface area contributed by atoms with Crippen LogP contribution < -0.4 is 0 Å². The molecule has 0 spiro atoms. The van der Waals surface area contributed by atoms with Crippen LogP contribution in [0.4, 0.5) is 4.79 Å². The zero-order chi connectivity index (χ0) is 14.4. The average molecular weight is 277 g/mol. The molecule has 0 bridgehead atoms. The maximum Gasteiger partial charge on any atom is 0.410 e. The Labute approximate surface area is 118 Å². The summed E-state index contributed by atoms with van der Waals surface area (Å²) in [6.45, 7) is 2.53. The molecule has 1 amide bonds. The molecule has 20 heavy (non-hydrogen) atoms. The number of nitrogens with zero attached hydrogens (tertiary/aromatic N) is 1. The second-order valence-corrected chi connectivity index (χ2v) is 4.83. The fourth-order valence-electron chi connectivity index (χ4n) is 2.27. The molecule has 1 aromatic carbocycles. The molecule has 1 saturated heterocycles. The van der Waals surface area contributed by atoms with Crippen LogP contribution in [-0.4, -0.2) is 36.2 Å². The van der Waals surface area contributed by atoms with Gasteiger partial charge in [0.25, 0.3) is 0 Å². The summed E-state index contributed by atoms with van der Waals surface area (Å²) in [7, 11) is 0. The van der Waals surface area contributed by atoms with Gasteiger partial charge in [-0.15, -0.1) is 0 Å². The van der Waals surface area contributed by atoms with Gasteiger partial charge in [0.15, 0.2) is 0 Å². The second-order valence-electron chi connectivity index (χ2n) is 4.83. The van der Waals surface area contributed by atoms with Gasteiger partial charge in [-0.1, -0.05) is 30.3 Å². The van der Waals surface area contributed by atoms with Gasteiger partial charge in [0, 0.05) is 13.5 Å². The Morgan fingerprint density at radius 1 is 1.25 bits per heavy atom. The maximum absolute atomic E-state index is 12.0. The lowest BCUT2D eigenvalue weighted by molar-refractivity contribution is -0.142. The topological polar surface area (TPSA) is 55.8 Å². The van der Waals surface area contributed by atoms with Gasteiger partial charge < -0.3 is 14.4 Å². The molecule has 0 N–H and O–H groups in total. The van der Waals surface area contributed by atoms with E-state index < -0.39 is 0 Å². The molecule has 5 nitrogen and oxygen atoms in total. The standard InChI is InChI=1S/C15H19NO4/c1-12(17)19-11-14-8-5-9-16(14)15(18)20-10-13-6-3-2-4-7-13/h2-4,6-7,14H,5,8-11H2,1H3/t14-/m0/s1. The van der Waals surface area contributed by atoms with Gasteiger partial charge in [0.2, 0.25) is 0 Å². The first-order valence-electron chi connectivity index (χ1n) is 6.77. The Hall–Kier alpha value is -2.04. The molecule has 5 heteroatoms. The predicted octanol–water partition coefficient (Wildman–Crippen LogP) is 2.35. The number of carbonyl (C=O) groups is 2. The highest BCUT2D eigenvalue weighted by Gasteiger charge is 2.30. The highest BCUT2D eigenvalue weighted by Crippen LogP contribution is 2.19. The van der Waals surface area contributed by atoms with E-state index in [0.717, 1.165) is 18.4 Å². The summed E-state index contributed by atoms with van der Waals surface area (Å²) < 4.78 is 10.3. The van der Waals surface area contributed by atoms with Gasteiger partial charge in [-0.3, -0.25) is 4.79 Å². The Morgan fingerprint density at radius 2 is 2.00 bits per heavy atom. The quantitative estimate of drug-likeness (QED) is 0.793. The highest BCUT2D eigenvalue weighted by atomic mass is 16.6. The Balaban J connectivity index is 1.83. The lowest BCUT2D eigenvalue weighted by atomic mass is 10.2. The van der Waals surface area contributed by atoms with Gasteiger partial charge in [0.1, 0.15) is 13.2 Å². The number of likely N-dealkylation sites (tertiary alicyclic amines) is 1. The summed E-state index contributed by atoms with van der Waals surface area (Å²) in [5.41, 5.74) is 0.955. The molecule has 2 rings (SSSR count). The van der Waals surface area contributed by atoms with Crippen LogP contribution in [0.5, 0.6) is 0 Å². The van der Waals surface area contributed by atoms with E-state index in [1.807, 2.05) is 30.3 Å². The molecule has 1 atom stereocenters. The molecule has 1 heterocycles. The summed E-state index contributed by atoms with van der Waals surface area (Å²) in [4.78, 5) is 24.5. The molecule has 0 aromatic heterocycles. The first-order valence-corrected chi connectivity index (χ1v) is 6.77. The third-order valence-corrected chi connectivity index (χ3v) is 3.30. The van der Waals surface area contributed by atoms with Gasteiger partial charge >= 0.3 is 12.1 Å². The van der Waals surface area contributed by atoms with E-state index in [1.165, 1.54) is 6.92 Å². The van der Waals surface area contributed by atoms with Gasteiger partial charge in [-0.2, -0.15) is 0 Å². The van der Waals surface area contributed by atoms with Crippen molar-refractivity contribution >= 4 is 12.1 Å². The van der Waals surface area contributed by atoms with Crippen molar-refractivity contribution in [1.29, 1.82) is 0 Å². The maximum atomic E-state index is 12.0. The van der Waals surface area contributed by atoms with Crippen LogP contribution in [0.2, 0.25) is 0 Å². The molecule has 0 aliphatic carbocycles. The highest BCUT2D eigenvalue weighted by molar-refractivity contribution is 5.69. The normalized spacial score (nSPS) is 17.9. The summed E-state index contributed by atoms with van der Waals surface area (Å²) in [6, 6.07) is 9.48. The monoisotopic (exact) mass is 277 g/mol. The van der Waals surface area contributed by atoms with E-state index >= 15 is 0 Å². The number of ether oxygens (including phenoxy) is 2. The molecule has 1 aliphatic heterocycles. The number of benzene rings is 1. The molecule has 1 aromatic rings. The zero-order valence-electron chi connectivity index (χ0n) is 11.6. The smallest absolute Gasteiger partial charge is 0.410 e. The SMILES string of the molecule is CC(=O)OC[C@@H]1CCCN1C(=O)OCc1ccccc1. The van der Waals surface area contributed by atoms with E-state index in [4.69, 9.17) is 9.47 Å². The van der Waals surface area contributed by atoms with E-state index in [9.17, 15) is 9.59 Å². The second kappa shape index (κ2) is 6.93. The molecule has 0 unspecified atom stereocenters. The number of hydrogen-bond acceptors (Lipinski definition) is 4. The van der Waals surface area contributed by atoms with Crippen LogP contribution in [0.3, 0.4) is 0 Å². The number of rotatable bonds is 4. The summed E-state index contributed by atoms with van der Waals surface area (Å²) >= 11 is 0. The zero-order valence-corrected chi connectivity index (χ0v) is 11.6. The number of carbonyl (C=O) groups excluding carboxylic acids is 2. The van der Waals surface area contributed by atoms with Crippen molar-refractivity contribution in [3.63, 3.8) is 0 Å². The minimum absolute atomic E-state index is 0.0674. The predicted molar refractivity (Wildman–Crippen MR) is 73.0 cm³/mol. The lowest BCUT2D eigenvalue weighted by Crippen LogP contribution is -2.38. The fraction of sp³-hybridized carbons (Fsp3) is 0.467. The Bertz CT molecular complexity index is 460. The van der Waals surface area contributed by atoms with E-state index in [0.29, 0.717) is 6.54 Å². The van der Waals surface area contributed by atoms with Crippen molar-refractivity contribution < 1.29 is 19.1 Å². The molecule has 1 fully saturated rings.